The van der Waals surface area contributed by atoms with Gasteiger partial charge in [-0.3, -0.25) is 4.21 Å². The molecule has 0 amide bonds. The van der Waals surface area contributed by atoms with Crippen LogP contribution in [0.1, 0.15) is 11.1 Å². The fourth-order valence-corrected chi connectivity index (χ4v) is 3.19. The molecule has 0 saturated carbocycles. The molecular weight excluding hydrogens is 287 g/mol. The molecule has 94 valence electrons. The van der Waals surface area contributed by atoms with Gasteiger partial charge in [-0.15, -0.1) is 0 Å². The van der Waals surface area contributed by atoms with E-state index < -0.39 is 10.8 Å². The predicted molar refractivity (Wildman–Crippen MR) is 78.5 cm³/mol. The molecule has 1 atom stereocenters. The summed E-state index contributed by atoms with van der Waals surface area (Å²) in [5.41, 5.74) is 2.02. The van der Waals surface area contributed by atoms with Gasteiger partial charge in [-0.1, -0.05) is 47.5 Å². The summed E-state index contributed by atoms with van der Waals surface area (Å²) < 4.78 is 12.0. The number of rotatable bonds is 4. The molecule has 0 aliphatic heterocycles. The molecule has 0 unspecified atom stereocenters. The highest BCUT2D eigenvalue weighted by Gasteiger charge is 2.04. The van der Waals surface area contributed by atoms with Crippen molar-refractivity contribution in [2.45, 2.75) is 11.5 Å². The smallest absolute Gasteiger partial charge is 0.0489 e. The van der Waals surface area contributed by atoms with Gasteiger partial charge in [0.25, 0.3) is 0 Å². The molecule has 0 fully saturated rings. The van der Waals surface area contributed by atoms with Crippen molar-refractivity contribution in [2.24, 2.45) is 0 Å². The van der Waals surface area contributed by atoms with E-state index >= 15 is 0 Å². The van der Waals surface area contributed by atoms with Gasteiger partial charge in [0.15, 0.2) is 0 Å². The van der Waals surface area contributed by atoms with Crippen LogP contribution < -0.4 is 0 Å². The van der Waals surface area contributed by atoms with E-state index in [1.165, 1.54) is 0 Å². The van der Waals surface area contributed by atoms with E-state index in [0.717, 1.165) is 11.1 Å². The van der Waals surface area contributed by atoms with E-state index in [2.05, 4.69) is 0 Å². The molecule has 0 radical (unpaired) electrons. The van der Waals surface area contributed by atoms with Gasteiger partial charge in [0.1, 0.15) is 0 Å². The van der Waals surface area contributed by atoms with Crippen LogP contribution in [0.5, 0.6) is 0 Å². The lowest BCUT2D eigenvalue weighted by molar-refractivity contribution is 0.682. The van der Waals surface area contributed by atoms with Crippen LogP contribution in [0.4, 0.5) is 0 Å². The summed E-state index contributed by atoms with van der Waals surface area (Å²) in [5, 5.41) is 1.37. The van der Waals surface area contributed by atoms with Crippen LogP contribution in [-0.4, -0.2) is 4.21 Å². The van der Waals surface area contributed by atoms with Crippen LogP contribution >= 0.6 is 23.2 Å². The Balaban J connectivity index is 1.98. The third-order valence-electron chi connectivity index (χ3n) is 2.46. The molecule has 0 aromatic heterocycles. The number of halogens is 2. The minimum atomic E-state index is -0.939. The minimum Gasteiger partial charge on any atom is -0.259 e. The van der Waals surface area contributed by atoms with Gasteiger partial charge in [0.05, 0.1) is 0 Å². The Labute approximate surface area is 119 Å². The maximum absolute atomic E-state index is 12.0. The van der Waals surface area contributed by atoms with Crippen LogP contribution in [-0.2, 0) is 22.3 Å². The van der Waals surface area contributed by atoms with E-state index in [0.29, 0.717) is 21.6 Å². The molecule has 0 heterocycles. The Morgan fingerprint density at radius 2 is 1.50 bits per heavy atom. The lowest BCUT2D eigenvalue weighted by atomic mass is 10.2. The van der Waals surface area contributed by atoms with Crippen LogP contribution in [0.15, 0.2) is 48.5 Å². The normalized spacial score (nSPS) is 12.3. The first-order valence-electron chi connectivity index (χ1n) is 5.47. The Morgan fingerprint density at radius 3 is 2.17 bits per heavy atom. The first kappa shape index (κ1) is 13.6. The van der Waals surface area contributed by atoms with Crippen molar-refractivity contribution in [3.63, 3.8) is 0 Å². The number of hydrogen-bond acceptors (Lipinski definition) is 1. The zero-order valence-electron chi connectivity index (χ0n) is 9.61. The van der Waals surface area contributed by atoms with E-state index in [1.54, 1.807) is 0 Å². The molecule has 0 N–H and O–H groups in total. The Kier molecular flexibility index (Phi) is 4.81. The number of hydrogen-bond donors (Lipinski definition) is 0. The first-order valence-corrected chi connectivity index (χ1v) is 7.72. The molecule has 2 rings (SSSR count). The second kappa shape index (κ2) is 6.37. The van der Waals surface area contributed by atoms with Crippen molar-refractivity contribution in [2.75, 3.05) is 0 Å². The third kappa shape index (κ3) is 4.13. The zero-order chi connectivity index (χ0) is 13.0. The Bertz CT molecular complexity index is 552. The maximum Gasteiger partial charge on any atom is 0.0489 e. The van der Waals surface area contributed by atoms with Gasteiger partial charge in [-0.05, 0) is 35.4 Å². The zero-order valence-corrected chi connectivity index (χ0v) is 11.9. The predicted octanol–water partition coefficient (Wildman–Crippen LogP) is 4.44. The summed E-state index contributed by atoms with van der Waals surface area (Å²) in [7, 11) is -0.939. The molecular formula is C14H12Cl2OS. The van der Waals surface area contributed by atoms with Crippen molar-refractivity contribution < 1.29 is 4.21 Å². The minimum absolute atomic E-state index is 0.517. The quantitative estimate of drug-likeness (QED) is 0.815. The average Bonchev–Trinajstić information content (AvgIpc) is 2.32. The van der Waals surface area contributed by atoms with Crippen LogP contribution in [0, 0.1) is 0 Å². The second-order valence-electron chi connectivity index (χ2n) is 3.98. The fourth-order valence-electron chi connectivity index (χ4n) is 1.63. The van der Waals surface area contributed by atoms with E-state index in [4.69, 9.17) is 23.2 Å². The number of benzene rings is 2. The van der Waals surface area contributed by atoms with Crippen molar-refractivity contribution in [1.29, 1.82) is 0 Å². The summed E-state index contributed by atoms with van der Waals surface area (Å²) in [4.78, 5) is 0. The molecule has 1 nitrogen and oxygen atoms in total. The third-order valence-corrected chi connectivity index (χ3v) is 4.26. The monoisotopic (exact) mass is 298 g/mol. The lowest BCUT2D eigenvalue weighted by Crippen LogP contribution is -1.99. The largest absolute Gasteiger partial charge is 0.259 e. The van der Waals surface area contributed by atoms with Crippen molar-refractivity contribution >= 4 is 34.0 Å². The van der Waals surface area contributed by atoms with Crippen molar-refractivity contribution in [3.8, 4) is 0 Å². The van der Waals surface area contributed by atoms with Crippen molar-refractivity contribution in [1.82, 2.24) is 0 Å². The first-order chi connectivity index (χ1) is 8.63. The molecule has 4 heteroatoms. The van der Waals surface area contributed by atoms with Crippen LogP contribution in [0.25, 0.3) is 0 Å². The van der Waals surface area contributed by atoms with Gasteiger partial charge in [-0.25, -0.2) is 0 Å². The van der Waals surface area contributed by atoms with Crippen LogP contribution in [0.2, 0.25) is 10.0 Å². The SMILES string of the molecule is O=[S@](Cc1ccc(Cl)cc1)Cc1cccc(Cl)c1. The highest BCUT2D eigenvalue weighted by Crippen LogP contribution is 2.15. The van der Waals surface area contributed by atoms with Gasteiger partial charge >= 0.3 is 0 Å². The van der Waals surface area contributed by atoms with E-state index in [9.17, 15) is 4.21 Å². The maximum atomic E-state index is 12.0. The van der Waals surface area contributed by atoms with Crippen molar-refractivity contribution in [3.05, 3.63) is 69.7 Å². The Morgan fingerprint density at radius 1 is 0.833 bits per heavy atom. The average molecular weight is 299 g/mol. The molecule has 0 spiro atoms. The van der Waals surface area contributed by atoms with Gasteiger partial charge in [-0.2, -0.15) is 0 Å². The molecule has 2 aromatic carbocycles. The lowest BCUT2D eigenvalue weighted by Gasteiger charge is -2.04. The molecule has 0 aliphatic rings. The van der Waals surface area contributed by atoms with E-state index in [-0.39, 0.29) is 0 Å². The molecule has 0 aliphatic carbocycles. The molecule has 0 saturated heterocycles. The highest BCUT2D eigenvalue weighted by molar-refractivity contribution is 7.83. The topological polar surface area (TPSA) is 17.1 Å². The van der Waals surface area contributed by atoms with E-state index in [1.807, 2.05) is 48.5 Å². The molecule has 18 heavy (non-hydrogen) atoms. The fraction of sp³-hybridized carbons (Fsp3) is 0.143. The van der Waals surface area contributed by atoms with Gasteiger partial charge < -0.3 is 0 Å². The summed E-state index contributed by atoms with van der Waals surface area (Å²) in [5.74, 6) is 1.05. The standard InChI is InChI=1S/C14H12Cl2OS/c15-13-6-4-11(5-7-13)9-18(17)10-12-2-1-3-14(16)8-12/h1-8H,9-10H2/t18-/m1/s1. The van der Waals surface area contributed by atoms with Gasteiger partial charge in [0, 0.05) is 32.4 Å². The molecule has 2 aromatic rings. The summed E-state index contributed by atoms with van der Waals surface area (Å²) >= 11 is 11.7. The Hall–Kier alpha value is -0.830. The summed E-state index contributed by atoms with van der Waals surface area (Å²) in [6.07, 6.45) is 0. The van der Waals surface area contributed by atoms with Gasteiger partial charge in [0.2, 0.25) is 0 Å². The molecule has 0 bridgehead atoms. The highest BCUT2D eigenvalue weighted by atomic mass is 35.5. The summed E-state index contributed by atoms with van der Waals surface area (Å²) in [6, 6.07) is 14.9. The summed E-state index contributed by atoms with van der Waals surface area (Å²) in [6.45, 7) is 0. The second-order valence-corrected chi connectivity index (χ2v) is 6.31. The van der Waals surface area contributed by atoms with Crippen LogP contribution in [0.3, 0.4) is 0 Å².